The molecule has 0 fully saturated rings. The fourth-order valence-electron chi connectivity index (χ4n) is 2.32. The van der Waals surface area contributed by atoms with Crippen molar-refractivity contribution in [1.82, 2.24) is 19.9 Å². The summed E-state index contributed by atoms with van der Waals surface area (Å²) in [5, 5.41) is 15.8. The number of nitrogens with zero attached hydrogens (tertiary/aromatic N) is 4. The van der Waals surface area contributed by atoms with Crippen LogP contribution >= 0.6 is 23.4 Å². The minimum absolute atomic E-state index is 0.164. The summed E-state index contributed by atoms with van der Waals surface area (Å²) < 4.78 is 12.6. The summed E-state index contributed by atoms with van der Waals surface area (Å²) in [5.74, 6) is 2.17. The molecule has 1 unspecified atom stereocenters. The maximum absolute atomic E-state index is 12.0. The number of benzene rings is 1. The lowest BCUT2D eigenvalue weighted by atomic mass is 10.3. The lowest BCUT2D eigenvalue weighted by molar-refractivity contribution is -0.113. The third-order valence-corrected chi connectivity index (χ3v) is 4.93. The quantitative estimate of drug-likeness (QED) is 0.597. The third kappa shape index (κ3) is 4.81. The number of aromatic nitrogens is 4. The van der Waals surface area contributed by atoms with E-state index in [0.717, 1.165) is 0 Å². The first kappa shape index (κ1) is 19.2. The highest BCUT2D eigenvalue weighted by atomic mass is 35.5. The summed E-state index contributed by atoms with van der Waals surface area (Å²) >= 11 is 7.39. The molecule has 0 saturated carbocycles. The highest BCUT2D eigenvalue weighted by Gasteiger charge is 2.19. The molecule has 0 bridgehead atoms. The van der Waals surface area contributed by atoms with Crippen molar-refractivity contribution in [1.29, 1.82) is 0 Å². The smallest absolute Gasteiger partial charge is 0.236 e. The van der Waals surface area contributed by atoms with Crippen LogP contribution in [0.3, 0.4) is 0 Å². The number of aryl methyl sites for hydroxylation is 1. The summed E-state index contributed by atoms with van der Waals surface area (Å²) in [7, 11) is 1.82. The summed E-state index contributed by atoms with van der Waals surface area (Å²) in [6, 6.07) is 8.89. The van der Waals surface area contributed by atoms with Gasteiger partial charge in [-0.05, 0) is 26.0 Å². The lowest BCUT2D eigenvalue weighted by Crippen LogP contribution is -2.15. The van der Waals surface area contributed by atoms with Gasteiger partial charge in [0.15, 0.2) is 22.9 Å². The van der Waals surface area contributed by atoms with Crippen molar-refractivity contribution < 1.29 is 14.1 Å². The normalized spacial score (nSPS) is 12.0. The van der Waals surface area contributed by atoms with Crippen LogP contribution in [0.15, 0.2) is 40.0 Å². The summed E-state index contributed by atoms with van der Waals surface area (Å²) in [5.41, 5.74) is 0. The summed E-state index contributed by atoms with van der Waals surface area (Å²) in [6.07, 6.45) is -0.358. The van der Waals surface area contributed by atoms with Gasteiger partial charge in [-0.3, -0.25) is 4.79 Å². The number of para-hydroxylation sites is 1. The molecule has 0 spiro atoms. The molecule has 142 valence electrons. The first-order chi connectivity index (χ1) is 12.9. The number of anilines is 1. The number of amides is 1. The number of hydrogen-bond donors (Lipinski definition) is 1. The Kier molecular flexibility index (Phi) is 6.02. The van der Waals surface area contributed by atoms with E-state index in [1.807, 2.05) is 26.1 Å². The van der Waals surface area contributed by atoms with Crippen LogP contribution in [-0.2, 0) is 11.8 Å². The van der Waals surface area contributed by atoms with Gasteiger partial charge >= 0.3 is 0 Å². The molecule has 2 aromatic heterocycles. The van der Waals surface area contributed by atoms with Crippen LogP contribution in [0, 0.1) is 6.92 Å². The van der Waals surface area contributed by atoms with Crippen molar-refractivity contribution in [2.24, 2.45) is 7.05 Å². The zero-order valence-corrected chi connectivity index (χ0v) is 16.5. The van der Waals surface area contributed by atoms with Gasteiger partial charge in [-0.25, -0.2) is 0 Å². The van der Waals surface area contributed by atoms with Crippen molar-refractivity contribution >= 4 is 35.1 Å². The zero-order chi connectivity index (χ0) is 19.4. The minimum Gasteiger partial charge on any atom is -0.481 e. The maximum Gasteiger partial charge on any atom is 0.236 e. The Morgan fingerprint density at radius 1 is 1.41 bits per heavy atom. The van der Waals surface area contributed by atoms with Gasteiger partial charge in [0.1, 0.15) is 11.5 Å². The molecule has 1 N–H and O–H groups in total. The predicted molar refractivity (Wildman–Crippen MR) is 102 cm³/mol. The van der Waals surface area contributed by atoms with E-state index in [-0.39, 0.29) is 17.8 Å². The number of ether oxygens (including phenoxy) is 1. The van der Waals surface area contributed by atoms with E-state index in [1.165, 1.54) is 11.8 Å². The first-order valence-electron chi connectivity index (χ1n) is 8.10. The van der Waals surface area contributed by atoms with Crippen LogP contribution in [0.2, 0.25) is 5.02 Å². The Hall–Kier alpha value is -2.52. The molecule has 1 aromatic carbocycles. The Morgan fingerprint density at radius 3 is 2.89 bits per heavy atom. The van der Waals surface area contributed by atoms with Crippen molar-refractivity contribution in [2.75, 3.05) is 11.1 Å². The Balaban J connectivity index is 1.59. The highest BCUT2D eigenvalue weighted by Crippen LogP contribution is 2.29. The van der Waals surface area contributed by atoms with Crippen molar-refractivity contribution in [3.8, 4) is 5.75 Å². The zero-order valence-electron chi connectivity index (χ0n) is 15.0. The maximum atomic E-state index is 12.0. The van der Waals surface area contributed by atoms with Crippen molar-refractivity contribution in [2.45, 2.75) is 25.1 Å². The molecule has 8 nitrogen and oxygen atoms in total. The molecular formula is C17H18ClN5O3S. The van der Waals surface area contributed by atoms with E-state index in [9.17, 15) is 4.79 Å². The van der Waals surface area contributed by atoms with Gasteiger partial charge < -0.3 is 19.1 Å². The van der Waals surface area contributed by atoms with Crippen LogP contribution in [0.5, 0.6) is 5.75 Å². The fourth-order valence-corrected chi connectivity index (χ4v) is 3.22. The van der Waals surface area contributed by atoms with Crippen LogP contribution in [0.25, 0.3) is 0 Å². The molecule has 1 amide bonds. The van der Waals surface area contributed by atoms with Gasteiger partial charge in [-0.15, -0.1) is 10.2 Å². The molecule has 0 saturated heterocycles. The topological polar surface area (TPSA) is 95.1 Å². The third-order valence-electron chi connectivity index (χ3n) is 3.60. The average molecular weight is 408 g/mol. The highest BCUT2D eigenvalue weighted by molar-refractivity contribution is 7.99. The molecule has 1 atom stereocenters. The molecule has 0 aliphatic carbocycles. The molecule has 3 aromatic rings. The standard InChI is InChI=1S/C17H18ClN5O3S/c1-10-8-14(22-26-10)19-15(24)9-27-17-21-20-16(23(17)3)11(2)25-13-7-5-4-6-12(13)18/h4-8,11H,9H2,1-3H3,(H,19,22,24). The van der Waals surface area contributed by atoms with E-state index in [0.29, 0.717) is 33.3 Å². The van der Waals surface area contributed by atoms with Gasteiger partial charge in [0.25, 0.3) is 0 Å². The van der Waals surface area contributed by atoms with E-state index < -0.39 is 0 Å². The van der Waals surface area contributed by atoms with E-state index in [4.69, 9.17) is 20.9 Å². The number of thioether (sulfide) groups is 1. The fraction of sp³-hybridized carbons (Fsp3) is 0.294. The lowest BCUT2D eigenvalue weighted by Gasteiger charge is -2.15. The Labute approximate surface area is 165 Å². The molecule has 0 aliphatic heterocycles. The molecule has 0 aliphatic rings. The SMILES string of the molecule is Cc1cc(NC(=O)CSc2nnc(C(C)Oc3ccccc3Cl)n2C)no1. The van der Waals surface area contributed by atoms with Crippen LogP contribution in [-0.4, -0.2) is 31.6 Å². The number of nitrogens with one attached hydrogen (secondary N) is 1. The van der Waals surface area contributed by atoms with E-state index in [2.05, 4.69) is 20.7 Å². The second-order valence-corrected chi connectivity index (χ2v) is 7.10. The van der Waals surface area contributed by atoms with Gasteiger partial charge in [0.05, 0.1) is 10.8 Å². The number of rotatable bonds is 7. The first-order valence-corrected chi connectivity index (χ1v) is 9.47. The molecular weight excluding hydrogens is 390 g/mol. The second kappa shape index (κ2) is 8.45. The van der Waals surface area contributed by atoms with Gasteiger partial charge in [-0.2, -0.15) is 0 Å². The minimum atomic E-state index is -0.358. The predicted octanol–water partition coefficient (Wildman–Crippen LogP) is 3.64. The Morgan fingerprint density at radius 2 is 2.19 bits per heavy atom. The van der Waals surface area contributed by atoms with Gasteiger partial charge in [0.2, 0.25) is 5.91 Å². The van der Waals surface area contributed by atoms with Crippen molar-refractivity contribution in [3.63, 3.8) is 0 Å². The number of carbonyl (C=O) groups is 1. The molecule has 27 heavy (non-hydrogen) atoms. The average Bonchev–Trinajstić information content (AvgIpc) is 3.20. The molecule has 3 rings (SSSR count). The second-order valence-electron chi connectivity index (χ2n) is 5.75. The van der Waals surface area contributed by atoms with Crippen LogP contribution in [0.4, 0.5) is 5.82 Å². The van der Waals surface area contributed by atoms with Gasteiger partial charge in [0, 0.05) is 13.1 Å². The van der Waals surface area contributed by atoms with Gasteiger partial charge in [-0.1, -0.05) is 40.7 Å². The molecule has 2 heterocycles. The van der Waals surface area contributed by atoms with Crippen LogP contribution in [0.1, 0.15) is 24.6 Å². The van der Waals surface area contributed by atoms with E-state index in [1.54, 1.807) is 29.7 Å². The largest absolute Gasteiger partial charge is 0.481 e. The number of halogens is 1. The molecule has 10 heteroatoms. The van der Waals surface area contributed by atoms with Crippen molar-refractivity contribution in [3.05, 3.63) is 46.9 Å². The Bertz CT molecular complexity index is 942. The monoisotopic (exact) mass is 407 g/mol. The number of hydrogen-bond acceptors (Lipinski definition) is 7. The van der Waals surface area contributed by atoms with Crippen LogP contribution < -0.4 is 10.1 Å². The number of carbonyl (C=O) groups excluding carboxylic acids is 1. The summed E-state index contributed by atoms with van der Waals surface area (Å²) in [4.78, 5) is 12.0. The summed E-state index contributed by atoms with van der Waals surface area (Å²) in [6.45, 7) is 3.62. The van der Waals surface area contributed by atoms with E-state index >= 15 is 0 Å². The molecule has 0 radical (unpaired) electrons.